The van der Waals surface area contributed by atoms with Gasteiger partial charge in [0.05, 0.1) is 0 Å². The molecular formula is C39H56O2. The van der Waals surface area contributed by atoms with Crippen molar-refractivity contribution < 1.29 is 9.90 Å². The molecule has 1 aromatic carbocycles. The fraction of sp³-hybridized carbons (Fsp3) is 0.769. The lowest BCUT2D eigenvalue weighted by molar-refractivity contribution is -0.391. The summed E-state index contributed by atoms with van der Waals surface area (Å²) in [6.07, 6.45) is 15.5. The highest BCUT2D eigenvalue weighted by atomic mass is 16.4. The van der Waals surface area contributed by atoms with E-state index >= 15 is 0 Å². The van der Waals surface area contributed by atoms with E-state index in [1.165, 1.54) is 69.4 Å². The Balaban J connectivity index is 1.47. The van der Waals surface area contributed by atoms with Crippen molar-refractivity contribution in [1.29, 1.82) is 0 Å². The van der Waals surface area contributed by atoms with Gasteiger partial charge in [0.2, 0.25) is 0 Å². The van der Waals surface area contributed by atoms with Crippen LogP contribution in [-0.2, 0) is 10.2 Å². The van der Waals surface area contributed by atoms with Gasteiger partial charge in [-0.1, -0.05) is 86.6 Å². The lowest BCUT2D eigenvalue weighted by atomic mass is 9.15. The summed E-state index contributed by atoms with van der Waals surface area (Å²) >= 11 is 0. The number of carboxylic acids is 1. The van der Waals surface area contributed by atoms with Crippen molar-refractivity contribution in [2.45, 2.75) is 126 Å². The second-order valence-corrected chi connectivity index (χ2v) is 18.3. The van der Waals surface area contributed by atoms with Crippen LogP contribution in [0.25, 0.3) is 6.08 Å². The predicted molar refractivity (Wildman–Crippen MR) is 168 cm³/mol. The molecule has 9 fully saturated rings. The molecule has 41 heavy (non-hydrogen) atoms. The highest BCUT2D eigenvalue weighted by Gasteiger charge is 2.85. The summed E-state index contributed by atoms with van der Waals surface area (Å²) in [5, 5.41) is 9.59. The van der Waals surface area contributed by atoms with Gasteiger partial charge >= 0.3 is 5.97 Å². The topological polar surface area (TPSA) is 37.3 Å². The van der Waals surface area contributed by atoms with Crippen LogP contribution in [0.3, 0.4) is 0 Å². The summed E-state index contributed by atoms with van der Waals surface area (Å²) in [5.41, 5.74) is 4.57. The Morgan fingerprint density at radius 1 is 0.780 bits per heavy atom. The summed E-state index contributed by atoms with van der Waals surface area (Å²) in [6, 6.07) is 8.90. The second kappa shape index (κ2) is 7.92. The Hall–Kier alpha value is -1.57. The molecule has 224 valence electrons. The molecule has 9 atom stereocenters. The number of aliphatic carboxylic acids is 1. The molecule has 10 rings (SSSR count). The third-order valence-electron chi connectivity index (χ3n) is 17.5. The quantitative estimate of drug-likeness (QED) is 0.366. The molecular weight excluding hydrogens is 500 g/mol. The van der Waals surface area contributed by atoms with Crippen molar-refractivity contribution in [2.75, 3.05) is 0 Å². The van der Waals surface area contributed by atoms with Crippen molar-refractivity contribution in [3.05, 3.63) is 41.5 Å². The molecule has 0 radical (unpaired) electrons. The van der Waals surface area contributed by atoms with E-state index in [9.17, 15) is 9.90 Å². The van der Waals surface area contributed by atoms with Crippen molar-refractivity contribution in [2.24, 2.45) is 61.6 Å². The van der Waals surface area contributed by atoms with Gasteiger partial charge in [0, 0.05) is 11.5 Å². The van der Waals surface area contributed by atoms with Gasteiger partial charge in [0.15, 0.2) is 0 Å². The molecule has 9 saturated carbocycles. The molecule has 6 bridgehead atoms. The molecule has 0 saturated heterocycles. The maximum atomic E-state index is 11.7. The van der Waals surface area contributed by atoms with Gasteiger partial charge in [-0.3, -0.25) is 0 Å². The molecule has 2 heteroatoms. The lowest BCUT2D eigenvalue weighted by Gasteiger charge is -2.88. The van der Waals surface area contributed by atoms with Gasteiger partial charge in [-0.05, 0) is 137 Å². The molecule has 2 nitrogen and oxygen atoms in total. The van der Waals surface area contributed by atoms with Gasteiger partial charge in [0.1, 0.15) is 0 Å². The van der Waals surface area contributed by atoms with E-state index in [0.29, 0.717) is 21.7 Å². The van der Waals surface area contributed by atoms with Crippen LogP contribution in [0, 0.1) is 61.6 Å². The van der Waals surface area contributed by atoms with Crippen LogP contribution in [0.5, 0.6) is 0 Å². The van der Waals surface area contributed by atoms with E-state index in [1.54, 1.807) is 0 Å². The number of rotatable bonds is 5. The first-order valence-corrected chi connectivity index (χ1v) is 17.0. The second-order valence-electron chi connectivity index (χ2n) is 18.3. The van der Waals surface area contributed by atoms with Crippen molar-refractivity contribution in [1.82, 2.24) is 0 Å². The molecule has 0 aromatic heterocycles. The monoisotopic (exact) mass is 556 g/mol. The minimum absolute atomic E-state index is 0.0330. The Kier molecular flexibility index (Phi) is 5.45. The first-order chi connectivity index (χ1) is 19.0. The largest absolute Gasteiger partial charge is 0.478 e. The molecule has 0 heterocycles. The number of carbonyl (C=O) groups is 1. The van der Waals surface area contributed by atoms with Crippen molar-refractivity contribution >= 4 is 12.0 Å². The molecule has 9 aliphatic carbocycles. The maximum absolute atomic E-state index is 11.7. The predicted octanol–water partition coefficient (Wildman–Crippen LogP) is 10.2. The number of benzene rings is 1. The van der Waals surface area contributed by atoms with Gasteiger partial charge in [-0.25, -0.2) is 4.79 Å². The van der Waals surface area contributed by atoms with Gasteiger partial charge in [-0.15, -0.1) is 0 Å². The molecule has 1 aromatic rings. The first-order valence-electron chi connectivity index (χ1n) is 17.0. The standard InChI is InChI=1S/C39H56O2/c1-32(2)26-16-19-35(7,30(32)22-26)39-24-28(34(39,5)6)18-21-37(39,9)36(8)20-17-27-23-38(36,33(27,3)4)29-13-11-10-12-25(29)14-15-31(40)41/h10-15,26-28,30H,16-24H2,1-9H3,(H,40,41). The number of hydrogen-bond acceptors (Lipinski definition) is 1. The Morgan fingerprint density at radius 3 is 1.98 bits per heavy atom. The number of carboxylic acid groups (broad SMARTS) is 1. The molecule has 0 aliphatic heterocycles. The highest BCUT2D eigenvalue weighted by Crippen LogP contribution is 2.91. The van der Waals surface area contributed by atoms with E-state index in [1.807, 2.05) is 6.08 Å². The third kappa shape index (κ3) is 2.74. The molecule has 9 aliphatic rings. The van der Waals surface area contributed by atoms with Gasteiger partial charge in [0.25, 0.3) is 0 Å². The normalized spacial score (nSPS) is 49.9. The third-order valence-corrected chi connectivity index (χ3v) is 17.5. The maximum Gasteiger partial charge on any atom is 0.328 e. The van der Waals surface area contributed by atoms with Crippen LogP contribution >= 0.6 is 0 Å². The van der Waals surface area contributed by atoms with E-state index in [2.05, 4.69) is 86.6 Å². The fourth-order valence-electron chi connectivity index (χ4n) is 15.1. The Bertz CT molecular complexity index is 1330. The van der Waals surface area contributed by atoms with Crippen LogP contribution in [0.15, 0.2) is 30.3 Å². The van der Waals surface area contributed by atoms with E-state index in [4.69, 9.17) is 0 Å². The van der Waals surface area contributed by atoms with E-state index < -0.39 is 5.97 Å². The minimum Gasteiger partial charge on any atom is -0.478 e. The van der Waals surface area contributed by atoms with Crippen LogP contribution in [-0.4, -0.2) is 11.1 Å². The summed E-state index contributed by atoms with van der Waals surface area (Å²) in [6.45, 7) is 24.1. The SMILES string of the molecule is CC1(C)C2CCC(C)(C34CC(CCC3(C)C3(C)CCC5CC3(c3ccccc3C=CC(=O)O)C5(C)C)C4(C)C)C1C2. The molecule has 9 unspecified atom stereocenters. The molecule has 1 N–H and O–H groups in total. The van der Waals surface area contributed by atoms with Crippen molar-refractivity contribution in [3.8, 4) is 0 Å². The zero-order valence-electron chi connectivity index (χ0n) is 27.5. The Morgan fingerprint density at radius 2 is 1.39 bits per heavy atom. The summed E-state index contributed by atoms with van der Waals surface area (Å²) in [4.78, 5) is 11.7. The highest BCUT2D eigenvalue weighted by molar-refractivity contribution is 5.85. The lowest BCUT2D eigenvalue weighted by Crippen LogP contribution is -2.83. The Labute approximate surface area is 250 Å². The van der Waals surface area contributed by atoms with Crippen molar-refractivity contribution in [3.63, 3.8) is 0 Å². The van der Waals surface area contributed by atoms with Crippen LogP contribution in [0.1, 0.15) is 131 Å². The average Bonchev–Trinajstić information content (AvgIpc) is 2.91. The zero-order chi connectivity index (χ0) is 29.6. The van der Waals surface area contributed by atoms with E-state index in [-0.39, 0.29) is 21.7 Å². The molecule has 0 amide bonds. The smallest absolute Gasteiger partial charge is 0.328 e. The number of fused-ring (bicyclic) bond motifs is 7. The average molecular weight is 557 g/mol. The summed E-state index contributed by atoms with van der Waals surface area (Å²) in [5.74, 6) is 2.48. The van der Waals surface area contributed by atoms with Gasteiger partial charge < -0.3 is 5.11 Å². The summed E-state index contributed by atoms with van der Waals surface area (Å²) in [7, 11) is 0. The van der Waals surface area contributed by atoms with E-state index in [0.717, 1.165) is 29.2 Å². The number of hydrogen-bond donors (Lipinski definition) is 1. The summed E-state index contributed by atoms with van der Waals surface area (Å²) < 4.78 is 0. The van der Waals surface area contributed by atoms with Gasteiger partial charge in [-0.2, -0.15) is 0 Å². The fourth-order valence-corrected chi connectivity index (χ4v) is 15.1. The van der Waals surface area contributed by atoms with Crippen LogP contribution < -0.4 is 0 Å². The molecule has 0 spiro atoms. The van der Waals surface area contributed by atoms with Crippen LogP contribution in [0.4, 0.5) is 0 Å². The zero-order valence-corrected chi connectivity index (χ0v) is 27.5. The minimum atomic E-state index is -0.860. The first kappa shape index (κ1) is 28.2. The van der Waals surface area contributed by atoms with Crippen LogP contribution in [0.2, 0.25) is 0 Å².